The molecule has 0 saturated carbocycles. The maximum absolute atomic E-state index is 13.6. The Morgan fingerprint density at radius 3 is 2.50 bits per heavy atom. The van der Waals surface area contributed by atoms with Crippen LogP contribution >= 0.6 is 11.3 Å². The van der Waals surface area contributed by atoms with Crippen molar-refractivity contribution in [3.8, 4) is 16.3 Å². The molecular formula is C19H19FN4O4S2. The molecular weight excluding hydrogens is 431 g/mol. The number of hydrogen-bond acceptors (Lipinski definition) is 7. The van der Waals surface area contributed by atoms with Crippen molar-refractivity contribution in [1.82, 2.24) is 10.2 Å². The quantitative estimate of drug-likeness (QED) is 0.593. The van der Waals surface area contributed by atoms with E-state index < -0.39 is 27.8 Å². The lowest BCUT2D eigenvalue weighted by atomic mass is 10.2. The van der Waals surface area contributed by atoms with Crippen molar-refractivity contribution >= 4 is 38.1 Å². The van der Waals surface area contributed by atoms with E-state index in [0.717, 1.165) is 33.5 Å². The minimum Gasteiger partial charge on any atom is -0.497 e. The highest BCUT2D eigenvalue weighted by Crippen LogP contribution is 2.28. The van der Waals surface area contributed by atoms with E-state index in [4.69, 9.17) is 4.74 Å². The SMILES string of the molecule is COc1ccc(-c2nnc(NC(=O)[C@H](C)N(c3cccc(F)c3)S(C)(=O)=O)s2)cc1. The Labute approximate surface area is 177 Å². The molecule has 0 aliphatic carbocycles. The maximum atomic E-state index is 13.6. The van der Waals surface area contributed by atoms with E-state index in [1.807, 2.05) is 12.1 Å². The van der Waals surface area contributed by atoms with Crippen molar-refractivity contribution in [2.24, 2.45) is 0 Å². The predicted molar refractivity (Wildman–Crippen MR) is 114 cm³/mol. The third-order valence-electron chi connectivity index (χ3n) is 4.14. The fourth-order valence-corrected chi connectivity index (χ4v) is 4.67. The number of amides is 1. The van der Waals surface area contributed by atoms with Gasteiger partial charge < -0.3 is 4.74 Å². The third kappa shape index (κ3) is 4.92. The van der Waals surface area contributed by atoms with Crippen LogP contribution in [0.2, 0.25) is 0 Å². The van der Waals surface area contributed by atoms with Crippen LogP contribution in [0.1, 0.15) is 6.92 Å². The van der Waals surface area contributed by atoms with Crippen LogP contribution in [-0.4, -0.2) is 43.9 Å². The van der Waals surface area contributed by atoms with Gasteiger partial charge in [0.05, 0.1) is 19.1 Å². The molecule has 3 rings (SSSR count). The summed E-state index contributed by atoms with van der Waals surface area (Å²) in [6, 6.07) is 11.1. The van der Waals surface area contributed by atoms with Crippen LogP contribution in [0.5, 0.6) is 5.75 Å². The average molecular weight is 451 g/mol. The van der Waals surface area contributed by atoms with Crippen LogP contribution in [0.15, 0.2) is 48.5 Å². The van der Waals surface area contributed by atoms with E-state index in [2.05, 4.69) is 15.5 Å². The zero-order chi connectivity index (χ0) is 21.9. The topological polar surface area (TPSA) is 101 Å². The number of sulfonamides is 1. The zero-order valence-electron chi connectivity index (χ0n) is 16.4. The van der Waals surface area contributed by atoms with Crippen molar-refractivity contribution in [1.29, 1.82) is 0 Å². The molecule has 30 heavy (non-hydrogen) atoms. The van der Waals surface area contributed by atoms with Crippen molar-refractivity contribution in [2.45, 2.75) is 13.0 Å². The van der Waals surface area contributed by atoms with Gasteiger partial charge in [0, 0.05) is 5.56 Å². The van der Waals surface area contributed by atoms with Gasteiger partial charge in [-0.15, -0.1) is 10.2 Å². The minimum absolute atomic E-state index is 0.0522. The van der Waals surface area contributed by atoms with Crippen molar-refractivity contribution < 1.29 is 22.3 Å². The molecule has 1 atom stereocenters. The first-order chi connectivity index (χ1) is 14.2. The highest BCUT2D eigenvalue weighted by molar-refractivity contribution is 7.92. The van der Waals surface area contributed by atoms with E-state index in [0.29, 0.717) is 10.8 Å². The Hall–Kier alpha value is -3.05. The summed E-state index contributed by atoms with van der Waals surface area (Å²) in [6.45, 7) is 1.41. The van der Waals surface area contributed by atoms with Gasteiger partial charge in [-0.2, -0.15) is 0 Å². The number of anilines is 2. The highest BCUT2D eigenvalue weighted by Gasteiger charge is 2.30. The number of benzene rings is 2. The zero-order valence-corrected chi connectivity index (χ0v) is 18.0. The molecule has 2 aromatic carbocycles. The lowest BCUT2D eigenvalue weighted by Crippen LogP contribution is -2.45. The fraction of sp³-hybridized carbons (Fsp3) is 0.211. The second kappa shape index (κ2) is 8.76. The van der Waals surface area contributed by atoms with Gasteiger partial charge >= 0.3 is 0 Å². The van der Waals surface area contributed by atoms with Gasteiger partial charge in [-0.3, -0.25) is 14.4 Å². The third-order valence-corrected chi connectivity index (χ3v) is 6.27. The first-order valence-corrected chi connectivity index (χ1v) is 11.4. The van der Waals surface area contributed by atoms with E-state index in [1.54, 1.807) is 19.2 Å². The highest BCUT2D eigenvalue weighted by atomic mass is 32.2. The van der Waals surface area contributed by atoms with Gasteiger partial charge in [-0.25, -0.2) is 12.8 Å². The largest absolute Gasteiger partial charge is 0.497 e. The smallest absolute Gasteiger partial charge is 0.249 e. The summed E-state index contributed by atoms with van der Waals surface area (Å²) in [4.78, 5) is 12.7. The molecule has 158 valence electrons. The van der Waals surface area contributed by atoms with Crippen LogP contribution in [0.3, 0.4) is 0 Å². The first-order valence-electron chi connectivity index (χ1n) is 8.73. The summed E-state index contributed by atoms with van der Waals surface area (Å²) in [7, 11) is -2.29. The molecule has 8 nitrogen and oxygen atoms in total. The first kappa shape index (κ1) is 21.7. The summed E-state index contributed by atoms with van der Waals surface area (Å²) in [6.07, 6.45) is 0.953. The summed E-state index contributed by atoms with van der Waals surface area (Å²) in [5, 5.41) is 11.4. The molecule has 1 heterocycles. The monoisotopic (exact) mass is 450 g/mol. The summed E-state index contributed by atoms with van der Waals surface area (Å²) < 4.78 is 44.1. The second-order valence-corrected chi connectivity index (χ2v) is 9.18. The summed E-state index contributed by atoms with van der Waals surface area (Å²) >= 11 is 1.14. The molecule has 0 aliphatic heterocycles. The lowest BCUT2D eigenvalue weighted by Gasteiger charge is -2.27. The van der Waals surface area contributed by atoms with Gasteiger partial charge in [0.2, 0.25) is 21.1 Å². The standard InChI is InChI=1S/C19H19FN4O4S2/c1-12(24(30(3,26)27)15-6-4-5-14(20)11-15)17(25)21-19-23-22-18(29-19)13-7-9-16(28-2)10-8-13/h4-12H,1-3H3,(H,21,23,25)/t12-/m0/s1. The number of carbonyl (C=O) groups is 1. The molecule has 0 aliphatic rings. The number of hydrogen-bond donors (Lipinski definition) is 1. The van der Waals surface area contributed by atoms with Crippen LogP contribution in [-0.2, 0) is 14.8 Å². The molecule has 1 aromatic heterocycles. The number of ether oxygens (including phenoxy) is 1. The van der Waals surface area contributed by atoms with Crippen LogP contribution in [0.4, 0.5) is 15.2 Å². The Bertz CT molecular complexity index is 1150. The second-order valence-electron chi connectivity index (χ2n) is 6.34. The van der Waals surface area contributed by atoms with Crippen LogP contribution in [0, 0.1) is 5.82 Å². The van der Waals surface area contributed by atoms with Crippen LogP contribution in [0.25, 0.3) is 10.6 Å². The Kier molecular flexibility index (Phi) is 6.32. The molecule has 1 N–H and O–H groups in total. The number of nitrogens with one attached hydrogen (secondary N) is 1. The van der Waals surface area contributed by atoms with Gasteiger partial charge in [0.15, 0.2) is 0 Å². The molecule has 11 heteroatoms. The number of rotatable bonds is 7. The molecule has 0 spiro atoms. The maximum Gasteiger partial charge on any atom is 0.249 e. The van der Waals surface area contributed by atoms with Gasteiger partial charge in [-0.05, 0) is 49.4 Å². The average Bonchev–Trinajstić information content (AvgIpc) is 3.15. The fourth-order valence-electron chi connectivity index (χ4n) is 2.76. The summed E-state index contributed by atoms with van der Waals surface area (Å²) in [5.74, 6) is -0.534. The van der Waals surface area contributed by atoms with E-state index in [1.165, 1.54) is 25.1 Å². The number of nitrogens with zero attached hydrogens (tertiary/aromatic N) is 3. The van der Waals surface area contributed by atoms with Crippen molar-refractivity contribution in [3.63, 3.8) is 0 Å². The Balaban J connectivity index is 1.79. The predicted octanol–water partition coefficient (Wildman–Crippen LogP) is 3.15. The number of methoxy groups -OCH3 is 1. The van der Waals surface area contributed by atoms with Gasteiger partial charge in [-0.1, -0.05) is 17.4 Å². The van der Waals surface area contributed by atoms with Crippen molar-refractivity contribution in [2.75, 3.05) is 23.0 Å². The Morgan fingerprint density at radius 2 is 1.90 bits per heavy atom. The molecule has 0 bridgehead atoms. The molecule has 0 unspecified atom stereocenters. The number of aromatic nitrogens is 2. The van der Waals surface area contributed by atoms with Crippen molar-refractivity contribution in [3.05, 3.63) is 54.3 Å². The summed E-state index contributed by atoms with van der Waals surface area (Å²) in [5.41, 5.74) is 0.843. The van der Waals surface area contributed by atoms with E-state index in [-0.39, 0.29) is 10.8 Å². The number of halogens is 1. The molecule has 3 aromatic rings. The van der Waals surface area contributed by atoms with E-state index in [9.17, 15) is 17.6 Å². The lowest BCUT2D eigenvalue weighted by molar-refractivity contribution is -0.116. The van der Waals surface area contributed by atoms with E-state index >= 15 is 0 Å². The molecule has 0 saturated heterocycles. The van der Waals surface area contributed by atoms with Crippen LogP contribution < -0.4 is 14.4 Å². The Morgan fingerprint density at radius 1 is 1.20 bits per heavy atom. The van der Waals surface area contributed by atoms with Gasteiger partial charge in [0.1, 0.15) is 22.6 Å². The normalized spacial score (nSPS) is 12.3. The molecule has 1 amide bonds. The minimum atomic E-state index is -3.85. The molecule has 0 radical (unpaired) electrons. The number of carbonyl (C=O) groups excluding carboxylic acids is 1. The van der Waals surface area contributed by atoms with Gasteiger partial charge in [0.25, 0.3) is 0 Å². The molecule has 0 fully saturated rings.